The second kappa shape index (κ2) is 7.22. The van der Waals surface area contributed by atoms with Crippen LogP contribution < -0.4 is 9.64 Å². The quantitative estimate of drug-likeness (QED) is 0.648. The highest BCUT2D eigenvalue weighted by molar-refractivity contribution is 7.09. The molecule has 1 unspecified atom stereocenters. The lowest BCUT2D eigenvalue weighted by molar-refractivity contribution is -0.136. The highest BCUT2D eigenvalue weighted by atomic mass is 32.1. The summed E-state index contributed by atoms with van der Waals surface area (Å²) in [4.78, 5) is 28.7. The van der Waals surface area contributed by atoms with Crippen LogP contribution >= 0.6 is 11.3 Å². The number of ketones is 1. The number of methoxy groups -OCH3 is 1. The number of hydrogen-bond donors (Lipinski definition) is 1. The average molecular weight is 393 g/mol. The monoisotopic (exact) mass is 393 g/mol. The number of fused-ring (bicyclic) bond motifs is 1. The molecule has 142 valence electrons. The van der Waals surface area contributed by atoms with Gasteiger partial charge in [0.1, 0.15) is 5.75 Å². The molecule has 2 heterocycles. The molecule has 0 radical (unpaired) electrons. The molecular weight excluding hydrogens is 374 g/mol. The van der Waals surface area contributed by atoms with Crippen molar-refractivity contribution in [2.75, 3.05) is 12.0 Å². The van der Waals surface area contributed by atoms with Gasteiger partial charge in [-0.1, -0.05) is 36.4 Å². The van der Waals surface area contributed by atoms with E-state index in [1.807, 2.05) is 23.6 Å². The first-order valence-corrected chi connectivity index (χ1v) is 9.75. The van der Waals surface area contributed by atoms with Crippen molar-refractivity contribution in [3.8, 4) is 5.75 Å². The maximum Gasteiger partial charge on any atom is 0.264 e. The van der Waals surface area contributed by atoms with E-state index in [0.717, 1.165) is 4.88 Å². The number of anilines is 1. The van der Waals surface area contributed by atoms with Crippen LogP contribution in [0.2, 0.25) is 0 Å². The van der Waals surface area contributed by atoms with Gasteiger partial charge < -0.3 is 14.7 Å². The fourth-order valence-corrected chi connectivity index (χ4v) is 4.29. The normalized spacial score (nSPS) is 18.2. The minimum Gasteiger partial charge on any atom is -0.496 e. The van der Waals surface area contributed by atoms with Gasteiger partial charge >= 0.3 is 0 Å². The molecule has 0 saturated carbocycles. The number of carbonyl (C=O) groups excluding carboxylic acids is 2. The summed E-state index contributed by atoms with van der Waals surface area (Å²) in [5.74, 6) is -0.406. The molecule has 0 saturated heterocycles. The van der Waals surface area contributed by atoms with E-state index in [4.69, 9.17) is 4.74 Å². The number of para-hydroxylation sites is 2. The van der Waals surface area contributed by atoms with E-state index in [0.29, 0.717) is 29.1 Å². The number of hydrogen-bond acceptors (Lipinski definition) is 5. The van der Waals surface area contributed by atoms with Crippen LogP contribution in [-0.4, -0.2) is 23.9 Å². The van der Waals surface area contributed by atoms with Crippen molar-refractivity contribution in [1.29, 1.82) is 0 Å². The lowest BCUT2D eigenvalue weighted by Crippen LogP contribution is -2.41. The lowest BCUT2D eigenvalue weighted by Gasteiger charge is -2.23. The topological polar surface area (TPSA) is 66.8 Å². The number of thiophene rings is 1. The Morgan fingerprint density at radius 2 is 1.86 bits per heavy atom. The molecule has 0 fully saturated rings. The van der Waals surface area contributed by atoms with Crippen molar-refractivity contribution in [2.24, 2.45) is 0 Å². The average Bonchev–Trinajstić information content (AvgIpc) is 3.30. The predicted octanol–water partition coefficient (Wildman–Crippen LogP) is 3.76. The van der Waals surface area contributed by atoms with Crippen LogP contribution in [0.25, 0.3) is 0 Å². The first-order chi connectivity index (χ1) is 13.5. The summed E-state index contributed by atoms with van der Waals surface area (Å²) in [7, 11) is 1.49. The molecule has 0 spiro atoms. The number of carbonyl (C=O) groups is 2. The highest BCUT2D eigenvalue weighted by Gasteiger charge is 2.51. The molecule has 0 aliphatic carbocycles. The van der Waals surface area contributed by atoms with E-state index in [-0.39, 0.29) is 12.2 Å². The number of benzene rings is 2. The van der Waals surface area contributed by atoms with Crippen molar-refractivity contribution in [3.05, 3.63) is 82.0 Å². The Kier molecular flexibility index (Phi) is 4.75. The van der Waals surface area contributed by atoms with Crippen LogP contribution in [0.1, 0.15) is 27.2 Å². The second-order valence-electron chi connectivity index (χ2n) is 6.65. The fourth-order valence-electron chi connectivity index (χ4n) is 3.60. The van der Waals surface area contributed by atoms with Crippen LogP contribution in [0.3, 0.4) is 0 Å². The zero-order valence-corrected chi connectivity index (χ0v) is 16.1. The molecule has 3 aromatic rings. The maximum atomic E-state index is 13.2. The number of amides is 1. The number of rotatable bonds is 6. The molecule has 4 rings (SSSR count). The zero-order chi connectivity index (χ0) is 19.7. The molecule has 28 heavy (non-hydrogen) atoms. The van der Waals surface area contributed by atoms with Crippen LogP contribution in [0.15, 0.2) is 66.0 Å². The van der Waals surface area contributed by atoms with Gasteiger partial charge in [0.05, 0.1) is 31.3 Å². The van der Waals surface area contributed by atoms with Crippen molar-refractivity contribution >= 4 is 28.7 Å². The largest absolute Gasteiger partial charge is 0.496 e. The Morgan fingerprint density at radius 3 is 2.61 bits per heavy atom. The minimum atomic E-state index is -1.90. The molecule has 1 atom stereocenters. The minimum absolute atomic E-state index is 0.343. The van der Waals surface area contributed by atoms with Crippen molar-refractivity contribution < 1.29 is 19.4 Å². The van der Waals surface area contributed by atoms with Crippen molar-refractivity contribution in [1.82, 2.24) is 0 Å². The smallest absolute Gasteiger partial charge is 0.264 e. The standard InChI is InChI=1S/C22H19NO4S/c1-27-20-11-5-2-8-16(20)19(24)13-22(26)17-9-3-4-10-18(17)23(21(22)25)14-15-7-6-12-28-15/h2-12,26H,13-14H2,1H3. The molecular formula is C22H19NO4S. The summed E-state index contributed by atoms with van der Waals surface area (Å²) >= 11 is 1.54. The van der Waals surface area contributed by atoms with Gasteiger partial charge in [0.15, 0.2) is 11.4 Å². The summed E-state index contributed by atoms with van der Waals surface area (Å²) in [6.07, 6.45) is -0.343. The number of nitrogens with zero attached hydrogens (tertiary/aromatic N) is 1. The molecule has 2 aromatic carbocycles. The van der Waals surface area contributed by atoms with Gasteiger partial charge in [0.25, 0.3) is 5.91 Å². The first-order valence-electron chi connectivity index (χ1n) is 8.87. The Morgan fingerprint density at radius 1 is 1.11 bits per heavy atom. The van der Waals surface area contributed by atoms with Crippen LogP contribution in [0, 0.1) is 0 Å². The molecule has 1 aliphatic rings. The lowest BCUT2D eigenvalue weighted by atomic mass is 9.88. The van der Waals surface area contributed by atoms with Crippen molar-refractivity contribution in [3.63, 3.8) is 0 Å². The van der Waals surface area contributed by atoms with E-state index in [9.17, 15) is 14.7 Å². The third-order valence-electron chi connectivity index (χ3n) is 4.96. The summed E-state index contributed by atoms with van der Waals surface area (Å²) < 4.78 is 5.25. The number of aliphatic hydroxyl groups is 1. The number of Topliss-reactive ketones (excluding diaryl/α,β-unsaturated/α-hetero) is 1. The molecule has 6 heteroatoms. The van der Waals surface area contributed by atoms with Gasteiger partial charge in [-0.15, -0.1) is 11.3 Å². The van der Waals surface area contributed by atoms with E-state index >= 15 is 0 Å². The molecule has 1 aliphatic heterocycles. The van der Waals surface area contributed by atoms with Gasteiger partial charge in [0.2, 0.25) is 0 Å². The molecule has 1 N–H and O–H groups in total. The van der Waals surface area contributed by atoms with E-state index in [1.165, 1.54) is 7.11 Å². The predicted molar refractivity (Wildman–Crippen MR) is 108 cm³/mol. The van der Waals surface area contributed by atoms with Crippen molar-refractivity contribution in [2.45, 2.75) is 18.6 Å². The Labute approximate surface area is 166 Å². The number of ether oxygens (including phenoxy) is 1. The van der Waals surface area contributed by atoms with Crippen LogP contribution in [-0.2, 0) is 16.9 Å². The summed E-state index contributed by atoms with van der Waals surface area (Å²) in [6, 6.07) is 17.8. The highest BCUT2D eigenvalue weighted by Crippen LogP contribution is 2.44. The Bertz CT molecular complexity index is 1030. The van der Waals surface area contributed by atoms with E-state index in [1.54, 1.807) is 58.7 Å². The SMILES string of the molecule is COc1ccccc1C(=O)CC1(O)C(=O)N(Cc2cccs2)c2ccccc21. The summed E-state index contributed by atoms with van der Waals surface area (Å²) in [5, 5.41) is 13.3. The third kappa shape index (κ3) is 3.00. The van der Waals surface area contributed by atoms with Gasteiger partial charge in [0, 0.05) is 10.4 Å². The van der Waals surface area contributed by atoms with Crippen LogP contribution in [0.5, 0.6) is 5.75 Å². The van der Waals surface area contributed by atoms with Gasteiger partial charge in [-0.3, -0.25) is 9.59 Å². The van der Waals surface area contributed by atoms with Gasteiger partial charge in [-0.25, -0.2) is 0 Å². The Hall–Kier alpha value is -2.96. The molecule has 0 bridgehead atoms. The molecule has 1 aromatic heterocycles. The second-order valence-corrected chi connectivity index (χ2v) is 7.68. The van der Waals surface area contributed by atoms with E-state index < -0.39 is 11.5 Å². The fraction of sp³-hybridized carbons (Fsp3) is 0.182. The Balaban J connectivity index is 1.70. The molecule has 1 amide bonds. The van der Waals surface area contributed by atoms with Gasteiger partial charge in [-0.05, 0) is 29.6 Å². The van der Waals surface area contributed by atoms with Gasteiger partial charge in [-0.2, -0.15) is 0 Å². The third-order valence-corrected chi connectivity index (χ3v) is 5.82. The summed E-state index contributed by atoms with van der Waals surface area (Å²) in [6.45, 7) is 0.360. The molecule has 5 nitrogen and oxygen atoms in total. The van der Waals surface area contributed by atoms with E-state index in [2.05, 4.69) is 0 Å². The zero-order valence-electron chi connectivity index (χ0n) is 15.3. The van der Waals surface area contributed by atoms with Crippen LogP contribution in [0.4, 0.5) is 5.69 Å². The first kappa shape index (κ1) is 18.4. The maximum absolute atomic E-state index is 13.2. The summed E-state index contributed by atoms with van der Waals surface area (Å²) in [5.41, 5.74) is -0.456.